The van der Waals surface area contributed by atoms with Gasteiger partial charge in [-0.15, -0.1) is 0 Å². The van der Waals surface area contributed by atoms with E-state index in [0.717, 1.165) is 11.6 Å². The molecule has 0 aromatic heterocycles. The van der Waals surface area contributed by atoms with Crippen molar-refractivity contribution in [3.63, 3.8) is 0 Å². The van der Waals surface area contributed by atoms with Gasteiger partial charge in [0.15, 0.2) is 0 Å². The molecule has 1 aromatic rings. The SMILES string of the molecule is OCCCCO[C@@H]1C[C@H](OCc2ccccc2)C=C(C(F)(F)F)O1. The first-order chi connectivity index (χ1) is 11.5. The minimum absolute atomic E-state index is 0.0192. The van der Waals surface area contributed by atoms with Gasteiger partial charge in [0, 0.05) is 13.0 Å². The maximum absolute atomic E-state index is 13.0. The topological polar surface area (TPSA) is 47.9 Å². The number of hydrogen-bond acceptors (Lipinski definition) is 4. The number of benzene rings is 1. The van der Waals surface area contributed by atoms with Crippen molar-refractivity contribution in [2.24, 2.45) is 0 Å². The van der Waals surface area contributed by atoms with Crippen LogP contribution in [0.3, 0.4) is 0 Å². The van der Waals surface area contributed by atoms with Crippen LogP contribution >= 0.6 is 0 Å². The number of unbranched alkanes of at least 4 members (excludes halogenated alkanes) is 1. The second-order valence-corrected chi connectivity index (χ2v) is 5.45. The predicted octanol–water partition coefficient (Wildman–Crippen LogP) is 3.55. The summed E-state index contributed by atoms with van der Waals surface area (Å²) >= 11 is 0. The second kappa shape index (κ2) is 9.05. The molecule has 0 aliphatic carbocycles. The van der Waals surface area contributed by atoms with Gasteiger partial charge in [-0.1, -0.05) is 30.3 Å². The fourth-order valence-corrected chi connectivity index (χ4v) is 2.24. The van der Waals surface area contributed by atoms with Crippen LogP contribution in [0.1, 0.15) is 24.8 Å². The number of halogens is 3. The molecule has 1 N–H and O–H groups in total. The monoisotopic (exact) mass is 346 g/mol. The van der Waals surface area contributed by atoms with Gasteiger partial charge in [-0.05, 0) is 24.5 Å². The molecule has 4 nitrogen and oxygen atoms in total. The Morgan fingerprint density at radius 3 is 2.54 bits per heavy atom. The van der Waals surface area contributed by atoms with Crippen molar-refractivity contribution in [3.05, 3.63) is 47.7 Å². The molecule has 0 spiro atoms. The van der Waals surface area contributed by atoms with Gasteiger partial charge in [0.25, 0.3) is 0 Å². The molecule has 0 fully saturated rings. The lowest BCUT2D eigenvalue weighted by Crippen LogP contribution is -2.33. The maximum Gasteiger partial charge on any atom is 0.448 e. The molecular formula is C17H21F3O4. The Morgan fingerprint density at radius 1 is 1.12 bits per heavy atom. The van der Waals surface area contributed by atoms with E-state index < -0.39 is 24.3 Å². The molecule has 0 radical (unpaired) electrons. The van der Waals surface area contributed by atoms with E-state index in [1.807, 2.05) is 30.3 Å². The Labute approximate surface area is 138 Å². The molecule has 1 aliphatic rings. The van der Waals surface area contributed by atoms with Crippen LogP contribution in [0.4, 0.5) is 13.2 Å². The normalized spacial score (nSPS) is 21.2. The zero-order valence-corrected chi connectivity index (χ0v) is 13.2. The Balaban J connectivity index is 1.94. The maximum atomic E-state index is 13.0. The average Bonchev–Trinajstić information content (AvgIpc) is 2.57. The lowest BCUT2D eigenvalue weighted by Gasteiger charge is -2.30. The Kier molecular flexibility index (Phi) is 7.08. The van der Waals surface area contributed by atoms with E-state index in [2.05, 4.69) is 0 Å². The van der Waals surface area contributed by atoms with E-state index in [-0.39, 0.29) is 26.2 Å². The van der Waals surface area contributed by atoms with Crippen LogP contribution in [0.2, 0.25) is 0 Å². The smallest absolute Gasteiger partial charge is 0.448 e. The third kappa shape index (κ3) is 6.14. The largest absolute Gasteiger partial charge is 0.460 e. The zero-order valence-electron chi connectivity index (χ0n) is 13.2. The average molecular weight is 346 g/mol. The highest BCUT2D eigenvalue weighted by molar-refractivity contribution is 5.14. The Morgan fingerprint density at radius 2 is 1.88 bits per heavy atom. The van der Waals surface area contributed by atoms with E-state index in [9.17, 15) is 13.2 Å². The molecule has 2 atom stereocenters. The molecule has 0 bridgehead atoms. The molecule has 0 unspecified atom stereocenters. The summed E-state index contributed by atoms with van der Waals surface area (Å²) in [6.07, 6.45) is -4.10. The van der Waals surface area contributed by atoms with Crippen LogP contribution in [0.25, 0.3) is 0 Å². The summed E-state index contributed by atoms with van der Waals surface area (Å²) in [4.78, 5) is 0. The van der Waals surface area contributed by atoms with Crippen LogP contribution in [-0.4, -0.2) is 36.9 Å². The molecule has 2 rings (SSSR count). The van der Waals surface area contributed by atoms with Gasteiger partial charge in [0.2, 0.25) is 12.0 Å². The lowest BCUT2D eigenvalue weighted by atomic mass is 10.1. The van der Waals surface area contributed by atoms with E-state index in [0.29, 0.717) is 12.8 Å². The van der Waals surface area contributed by atoms with Crippen LogP contribution in [0.15, 0.2) is 42.2 Å². The van der Waals surface area contributed by atoms with Gasteiger partial charge in [0.05, 0.1) is 19.3 Å². The minimum Gasteiger partial charge on any atom is -0.460 e. The second-order valence-electron chi connectivity index (χ2n) is 5.45. The summed E-state index contributed by atoms with van der Waals surface area (Å²) in [7, 11) is 0. The van der Waals surface area contributed by atoms with Crippen LogP contribution in [0, 0.1) is 0 Å². The molecule has 134 valence electrons. The van der Waals surface area contributed by atoms with Crippen LogP contribution in [-0.2, 0) is 20.8 Å². The summed E-state index contributed by atoms with van der Waals surface area (Å²) in [6, 6.07) is 9.22. The Hall–Kier alpha value is -1.57. The lowest BCUT2D eigenvalue weighted by molar-refractivity contribution is -0.205. The first kappa shape index (κ1) is 18.8. The third-order valence-electron chi connectivity index (χ3n) is 3.46. The van der Waals surface area contributed by atoms with Crippen molar-refractivity contribution in [1.82, 2.24) is 0 Å². The minimum atomic E-state index is -4.58. The molecule has 7 heteroatoms. The molecule has 0 saturated carbocycles. The molecule has 24 heavy (non-hydrogen) atoms. The first-order valence-corrected chi connectivity index (χ1v) is 7.82. The molecular weight excluding hydrogens is 325 g/mol. The van der Waals surface area contributed by atoms with Gasteiger partial charge in [0.1, 0.15) is 0 Å². The van der Waals surface area contributed by atoms with Gasteiger partial charge in [-0.2, -0.15) is 13.2 Å². The van der Waals surface area contributed by atoms with Gasteiger partial charge < -0.3 is 19.3 Å². The highest BCUT2D eigenvalue weighted by Gasteiger charge is 2.41. The summed E-state index contributed by atoms with van der Waals surface area (Å²) in [5.41, 5.74) is 0.881. The van der Waals surface area contributed by atoms with Gasteiger partial charge >= 0.3 is 6.18 Å². The van der Waals surface area contributed by atoms with E-state index in [1.165, 1.54) is 0 Å². The van der Waals surface area contributed by atoms with E-state index in [4.69, 9.17) is 19.3 Å². The number of aliphatic hydroxyl groups excluding tert-OH is 1. The van der Waals surface area contributed by atoms with Gasteiger partial charge in [-0.25, -0.2) is 0 Å². The number of alkyl halides is 3. The van der Waals surface area contributed by atoms with Crippen molar-refractivity contribution in [2.75, 3.05) is 13.2 Å². The fourth-order valence-electron chi connectivity index (χ4n) is 2.24. The van der Waals surface area contributed by atoms with Crippen molar-refractivity contribution >= 4 is 0 Å². The zero-order chi connectivity index (χ0) is 17.4. The van der Waals surface area contributed by atoms with Crippen molar-refractivity contribution in [2.45, 2.75) is 44.4 Å². The molecule has 1 heterocycles. The van der Waals surface area contributed by atoms with Gasteiger partial charge in [-0.3, -0.25) is 0 Å². The van der Waals surface area contributed by atoms with Crippen LogP contribution < -0.4 is 0 Å². The number of allylic oxidation sites excluding steroid dienone is 1. The molecule has 1 aliphatic heterocycles. The molecule has 0 saturated heterocycles. The van der Waals surface area contributed by atoms with E-state index in [1.54, 1.807) is 0 Å². The number of aliphatic hydroxyl groups is 1. The highest BCUT2D eigenvalue weighted by atomic mass is 19.4. The fraction of sp³-hybridized carbons (Fsp3) is 0.529. The molecule has 0 amide bonds. The number of ether oxygens (including phenoxy) is 3. The summed E-state index contributed by atoms with van der Waals surface area (Å²) in [6.45, 7) is 0.456. The summed E-state index contributed by atoms with van der Waals surface area (Å²) in [5.74, 6) is -1.08. The quantitative estimate of drug-likeness (QED) is 0.732. The highest BCUT2D eigenvalue weighted by Crippen LogP contribution is 2.33. The Bertz CT molecular complexity index is 516. The third-order valence-corrected chi connectivity index (χ3v) is 3.46. The van der Waals surface area contributed by atoms with Crippen LogP contribution in [0.5, 0.6) is 0 Å². The van der Waals surface area contributed by atoms with Crippen molar-refractivity contribution in [3.8, 4) is 0 Å². The summed E-state index contributed by atoms with van der Waals surface area (Å²) < 4.78 is 54.7. The molecule has 1 aromatic carbocycles. The first-order valence-electron chi connectivity index (χ1n) is 7.82. The van der Waals surface area contributed by atoms with Crippen molar-refractivity contribution < 1.29 is 32.5 Å². The predicted molar refractivity (Wildman–Crippen MR) is 80.9 cm³/mol. The summed E-state index contributed by atoms with van der Waals surface area (Å²) in [5, 5.41) is 8.71. The van der Waals surface area contributed by atoms with E-state index >= 15 is 0 Å². The van der Waals surface area contributed by atoms with Crippen molar-refractivity contribution in [1.29, 1.82) is 0 Å². The number of hydrogen-bond donors (Lipinski definition) is 1. The number of rotatable bonds is 8. The standard InChI is InChI=1S/C17H21F3O4/c18-17(19,20)15-10-14(23-12-13-6-2-1-3-7-13)11-16(24-15)22-9-5-4-8-21/h1-3,6-7,10,14,16,21H,4-5,8-9,11-12H2/t14-,16+/m1/s1.